The van der Waals surface area contributed by atoms with Crippen molar-refractivity contribution in [1.82, 2.24) is 9.55 Å². The number of aromatic nitrogens is 2. The Bertz CT molecular complexity index is 973. The largest absolute Gasteiger partial charge is 0.337 e. The molecule has 0 saturated carbocycles. The predicted molar refractivity (Wildman–Crippen MR) is 102 cm³/mol. The van der Waals surface area contributed by atoms with E-state index in [1.807, 2.05) is 47.2 Å². The molecule has 1 aliphatic carbocycles. The normalized spacial score (nSPS) is 16.2. The monoisotopic (exact) mass is 349 g/mol. The van der Waals surface area contributed by atoms with Crippen molar-refractivity contribution >= 4 is 23.8 Å². The number of aryl methyl sites for hydroxylation is 1. The molecule has 1 aliphatic rings. The van der Waals surface area contributed by atoms with Crippen LogP contribution in [0.25, 0.3) is 5.69 Å². The average Bonchev–Trinajstić information content (AvgIpc) is 3.07. The van der Waals surface area contributed by atoms with Gasteiger partial charge in [-0.1, -0.05) is 30.3 Å². The fourth-order valence-corrected chi connectivity index (χ4v) is 3.75. The van der Waals surface area contributed by atoms with Crippen molar-refractivity contribution in [3.8, 4) is 5.69 Å². The van der Waals surface area contributed by atoms with Gasteiger partial charge in [0.1, 0.15) is 0 Å². The maximum atomic E-state index is 12.9. The van der Waals surface area contributed by atoms with Crippen molar-refractivity contribution in [2.75, 3.05) is 5.32 Å². The van der Waals surface area contributed by atoms with E-state index in [-0.39, 0.29) is 11.8 Å². The molecule has 5 heteroatoms. The average molecular weight is 349 g/mol. The molecular formula is C20H19N3OS. The summed E-state index contributed by atoms with van der Waals surface area (Å²) in [6.07, 6.45) is 6.67. The Labute approximate surface area is 151 Å². The number of carbonyl (C=O) groups is 1. The van der Waals surface area contributed by atoms with Crippen molar-refractivity contribution in [3.05, 3.63) is 76.8 Å². The van der Waals surface area contributed by atoms with Gasteiger partial charge in [-0.3, -0.25) is 9.36 Å². The lowest BCUT2D eigenvalue weighted by molar-refractivity contribution is -0.117. The number of aromatic amines is 1. The Morgan fingerprint density at radius 2 is 2.08 bits per heavy atom. The quantitative estimate of drug-likeness (QED) is 0.679. The van der Waals surface area contributed by atoms with Gasteiger partial charge in [-0.05, 0) is 60.8 Å². The highest BCUT2D eigenvalue weighted by Gasteiger charge is 2.26. The van der Waals surface area contributed by atoms with Crippen LogP contribution in [0.3, 0.4) is 0 Å². The SMILES string of the molecule is O=C(Nc1cccc(-n2cc[nH]c2=S)c1)C1CCCc2ccccc21. The maximum Gasteiger partial charge on any atom is 0.231 e. The standard InChI is InChI=1S/C20H19N3OS/c24-19(18-10-3-6-14-5-1-2-9-17(14)18)22-15-7-4-8-16(13-15)23-12-11-21-20(23)25/h1-2,4-5,7-9,11-13,18H,3,6,10H2,(H,21,25)(H,22,24). The zero-order chi connectivity index (χ0) is 17.2. The van der Waals surface area contributed by atoms with Gasteiger partial charge in [0.05, 0.1) is 5.92 Å². The number of imidazole rings is 1. The highest BCUT2D eigenvalue weighted by molar-refractivity contribution is 7.71. The van der Waals surface area contributed by atoms with Crippen LogP contribution >= 0.6 is 12.2 Å². The summed E-state index contributed by atoms with van der Waals surface area (Å²) in [5.74, 6) is -0.0232. The van der Waals surface area contributed by atoms with E-state index in [0.717, 1.165) is 36.2 Å². The number of H-pyrrole nitrogens is 1. The van der Waals surface area contributed by atoms with Crippen LogP contribution in [-0.2, 0) is 11.2 Å². The zero-order valence-corrected chi connectivity index (χ0v) is 14.6. The highest BCUT2D eigenvalue weighted by Crippen LogP contribution is 2.32. The number of anilines is 1. The maximum absolute atomic E-state index is 12.9. The van der Waals surface area contributed by atoms with Gasteiger partial charge in [0, 0.05) is 23.8 Å². The summed E-state index contributed by atoms with van der Waals surface area (Å²) in [4.78, 5) is 15.8. The van der Waals surface area contributed by atoms with Crippen LogP contribution in [0, 0.1) is 4.77 Å². The minimum Gasteiger partial charge on any atom is -0.337 e. The van der Waals surface area contributed by atoms with Crippen LogP contribution in [0.4, 0.5) is 5.69 Å². The Hall–Kier alpha value is -2.66. The van der Waals surface area contributed by atoms with E-state index in [2.05, 4.69) is 22.4 Å². The molecule has 0 spiro atoms. The Balaban J connectivity index is 1.58. The van der Waals surface area contributed by atoms with Crippen molar-refractivity contribution in [2.24, 2.45) is 0 Å². The van der Waals surface area contributed by atoms with Crippen LogP contribution in [-0.4, -0.2) is 15.5 Å². The second-order valence-electron chi connectivity index (χ2n) is 6.32. The van der Waals surface area contributed by atoms with E-state index in [9.17, 15) is 4.79 Å². The fraction of sp³-hybridized carbons (Fsp3) is 0.200. The Morgan fingerprint density at radius 1 is 1.20 bits per heavy atom. The van der Waals surface area contributed by atoms with Gasteiger partial charge in [0.25, 0.3) is 0 Å². The molecular weight excluding hydrogens is 330 g/mol. The molecule has 1 aromatic heterocycles. The van der Waals surface area contributed by atoms with E-state index >= 15 is 0 Å². The molecule has 3 aromatic rings. The van der Waals surface area contributed by atoms with E-state index in [1.165, 1.54) is 5.56 Å². The Morgan fingerprint density at radius 3 is 2.92 bits per heavy atom. The lowest BCUT2D eigenvalue weighted by atomic mass is 9.82. The number of rotatable bonds is 3. The molecule has 0 bridgehead atoms. The molecule has 1 heterocycles. The molecule has 1 unspecified atom stereocenters. The topological polar surface area (TPSA) is 49.8 Å². The number of benzene rings is 2. The molecule has 25 heavy (non-hydrogen) atoms. The van der Waals surface area contributed by atoms with Crippen molar-refractivity contribution in [2.45, 2.75) is 25.2 Å². The molecule has 4 nitrogen and oxygen atoms in total. The third-order valence-corrected chi connectivity index (χ3v) is 5.04. The predicted octanol–water partition coefficient (Wildman–Crippen LogP) is 4.59. The molecule has 0 radical (unpaired) electrons. The number of hydrogen-bond acceptors (Lipinski definition) is 2. The third kappa shape index (κ3) is 3.15. The molecule has 126 valence electrons. The smallest absolute Gasteiger partial charge is 0.231 e. The van der Waals surface area contributed by atoms with Crippen LogP contribution in [0.2, 0.25) is 0 Å². The summed E-state index contributed by atoms with van der Waals surface area (Å²) in [5, 5.41) is 3.08. The van der Waals surface area contributed by atoms with Crippen LogP contribution in [0.15, 0.2) is 60.9 Å². The first-order valence-corrected chi connectivity index (χ1v) is 8.88. The molecule has 1 atom stereocenters. The summed E-state index contributed by atoms with van der Waals surface area (Å²) >= 11 is 5.26. The molecule has 1 amide bonds. The van der Waals surface area contributed by atoms with Gasteiger partial charge in [0.2, 0.25) is 5.91 Å². The van der Waals surface area contributed by atoms with Gasteiger partial charge < -0.3 is 10.3 Å². The number of fused-ring (bicyclic) bond motifs is 1. The van der Waals surface area contributed by atoms with Crippen molar-refractivity contribution < 1.29 is 4.79 Å². The summed E-state index contributed by atoms with van der Waals surface area (Å²) < 4.78 is 2.51. The molecule has 4 rings (SSSR count). The summed E-state index contributed by atoms with van der Waals surface area (Å²) in [6.45, 7) is 0. The number of hydrogen-bond donors (Lipinski definition) is 2. The summed E-state index contributed by atoms with van der Waals surface area (Å²) in [7, 11) is 0. The van der Waals surface area contributed by atoms with Gasteiger partial charge in [0.15, 0.2) is 4.77 Å². The minimum atomic E-state index is -0.0805. The summed E-state index contributed by atoms with van der Waals surface area (Å²) in [5.41, 5.74) is 4.17. The summed E-state index contributed by atoms with van der Waals surface area (Å²) in [6, 6.07) is 16.0. The number of carbonyl (C=O) groups excluding carboxylic acids is 1. The second kappa shape index (κ2) is 6.69. The Kier molecular flexibility index (Phi) is 4.24. The van der Waals surface area contributed by atoms with E-state index < -0.39 is 0 Å². The third-order valence-electron chi connectivity index (χ3n) is 4.73. The fourth-order valence-electron chi connectivity index (χ4n) is 3.51. The van der Waals surface area contributed by atoms with Crippen molar-refractivity contribution in [3.63, 3.8) is 0 Å². The first-order valence-electron chi connectivity index (χ1n) is 8.47. The number of nitrogens with zero attached hydrogens (tertiary/aromatic N) is 1. The number of nitrogens with one attached hydrogen (secondary N) is 2. The van der Waals surface area contributed by atoms with Crippen LogP contribution < -0.4 is 5.32 Å². The van der Waals surface area contributed by atoms with Crippen LogP contribution in [0.1, 0.15) is 29.9 Å². The van der Waals surface area contributed by atoms with Crippen LogP contribution in [0.5, 0.6) is 0 Å². The van der Waals surface area contributed by atoms with E-state index in [4.69, 9.17) is 12.2 Å². The minimum absolute atomic E-state index is 0.0574. The molecule has 2 aromatic carbocycles. The lowest BCUT2D eigenvalue weighted by Crippen LogP contribution is -2.24. The molecule has 0 fully saturated rings. The molecule has 2 N–H and O–H groups in total. The van der Waals surface area contributed by atoms with Crippen molar-refractivity contribution in [1.29, 1.82) is 0 Å². The van der Waals surface area contributed by atoms with E-state index in [1.54, 1.807) is 6.20 Å². The van der Waals surface area contributed by atoms with E-state index in [0.29, 0.717) is 4.77 Å². The van der Waals surface area contributed by atoms with Gasteiger partial charge in [-0.15, -0.1) is 0 Å². The first kappa shape index (κ1) is 15.8. The van der Waals surface area contributed by atoms with Gasteiger partial charge >= 0.3 is 0 Å². The molecule has 0 saturated heterocycles. The van der Waals surface area contributed by atoms with Gasteiger partial charge in [-0.2, -0.15) is 0 Å². The molecule has 0 aliphatic heterocycles. The highest BCUT2D eigenvalue weighted by atomic mass is 32.1. The van der Waals surface area contributed by atoms with Gasteiger partial charge in [-0.25, -0.2) is 0 Å². The first-order chi connectivity index (χ1) is 12.2. The number of amides is 1. The lowest BCUT2D eigenvalue weighted by Gasteiger charge is -2.24. The zero-order valence-electron chi connectivity index (χ0n) is 13.7. The second-order valence-corrected chi connectivity index (χ2v) is 6.71.